The molecule has 0 aromatic rings. The van der Waals surface area contributed by atoms with Gasteiger partial charge in [0.05, 0.1) is 0 Å². The van der Waals surface area contributed by atoms with Crippen molar-refractivity contribution in [1.29, 1.82) is 0 Å². The molecule has 8 heteroatoms. The van der Waals surface area contributed by atoms with E-state index in [0.717, 1.165) is 0 Å². The van der Waals surface area contributed by atoms with Gasteiger partial charge in [-0.2, -0.15) is 22.0 Å². The van der Waals surface area contributed by atoms with Gasteiger partial charge in [0.15, 0.2) is 0 Å². The first kappa shape index (κ1) is 9.59. The summed E-state index contributed by atoms with van der Waals surface area (Å²) >= 11 is 0. The highest BCUT2D eigenvalue weighted by Gasteiger charge is 2.61. The summed E-state index contributed by atoms with van der Waals surface area (Å²) in [7, 11) is 0. The van der Waals surface area contributed by atoms with Crippen LogP contribution in [-0.4, -0.2) is 24.9 Å². The second-order valence-corrected chi connectivity index (χ2v) is 2.01. The minimum atomic E-state index is -5.15. The molecule has 0 spiro atoms. The van der Waals surface area contributed by atoms with Crippen LogP contribution in [0.3, 0.4) is 0 Å². The van der Waals surface area contributed by atoms with E-state index in [4.69, 9.17) is 0 Å². The topological polar surface area (TPSA) is 18.5 Å². The van der Waals surface area contributed by atoms with Crippen LogP contribution in [0.4, 0.5) is 26.3 Å². The zero-order valence-electron chi connectivity index (χ0n) is 5.24. The van der Waals surface area contributed by atoms with E-state index in [1.165, 1.54) is 0 Å². The van der Waals surface area contributed by atoms with Crippen molar-refractivity contribution < 1.29 is 35.8 Å². The molecule has 2 nitrogen and oxygen atoms in total. The van der Waals surface area contributed by atoms with E-state index >= 15 is 0 Å². The van der Waals surface area contributed by atoms with Gasteiger partial charge in [-0.3, -0.25) is 4.74 Å². The first-order chi connectivity index (χ1) is 5.23. The second kappa shape index (κ2) is 2.49. The number of hydrogen-bond donors (Lipinski definition) is 0. The summed E-state index contributed by atoms with van der Waals surface area (Å²) in [5.41, 5.74) is 0. The number of hydrogen-bond acceptors (Lipinski definition) is 2. The summed E-state index contributed by atoms with van der Waals surface area (Å²) < 4.78 is 76.4. The molecule has 0 aliphatic carbocycles. The predicted octanol–water partition coefficient (Wildman–Crippen LogP) is 1.81. The van der Waals surface area contributed by atoms with Crippen molar-refractivity contribution in [2.24, 2.45) is 0 Å². The molecule has 0 aromatic carbocycles. The third kappa shape index (κ3) is 1.63. The molecule has 2 unspecified atom stereocenters. The van der Waals surface area contributed by atoms with Crippen LogP contribution in [0.2, 0.25) is 0 Å². The molecular formula is C4H2F6O2. The van der Waals surface area contributed by atoms with Crippen molar-refractivity contribution in [2.45, 2.75) is 24.9 Å². The van der Waals surface area contributed by atoms with E-state index < -0.39 is 24.9 Å². The molecule has 72 valence electrons. The van der Waals surface area contributed by atoms with Crippen molar-refractivity contribution in [3.8, 4) is 0 Å². The lowest BCUT2D eigenvalue weighted by atomic mass is 10.6. The van der Waals surface area contributed by atoms with E-state index in [-0.39, 0.29) is 0 Å². The Kier molecular flexibility index (Phi) is 1.99. The highest BCUT2D eigenvalue weighted by molar-refractivity contribution is 4.71. The molecule has 1 aliphatic rings. The minimum absolute atomic E-state index is 2.97. The molecule has 0 radical (unpaired) electrons. The number of halogens is 6. The second-order valence-electron chi connectivity index (χ2n) is 2.01. The maximum absolute atomic E-state index is 11.9. The van der Waals surface area contributed by atoms with Crippen LogP contribution in [0.15, 0.2) is 0 Å². The van der Waals surface area contributed by atoms with Crippen LogP contribution in [0, 0.1) is 0 Å². The van der Waals surface area contributed by atoms with Crippen LogP contribution in [0.5, 0.6) is 0 Å². The monoisotopic (exact) mass is 196 g/mol. The van der Waals surface area contributed by atoms with E-state index in [1.54, 1.807) is 0 Å². The van der Waals surface area contributed by atoms with E-state index in [9.17, 15) is 26.3 Å². The van der Waals surface area contributed by atoms with Gasteiger partial charge in [0.2, 0.25) is 0 Å². The average molecular weight is 196 g/mol. The first-order valence-electron chi connectivity index (χ1n) is 2.65. The van der Waals surface area contributed by atoms with Gasteiger partial charge in [-0.15, -0.1) is 0 Å². The average Bonchev–Trinajstić information content (AvgIpc) is 2.06. The zero-order valence-corrected chi connectivity index (χ0v) is 5.24. The number of alkyl halides is 6. The molecule has 0 saturated carbocycles. The van der Waals surface area contributed by atoms with Gasteiger partial charge >= 0.3 is 12.3 Å². The van der Waals surface area contributed by atoms with E-state index in [0.29, 0.717) is 0 Å². The fourth-order valence-electron chi connectivity index (χ4n) is 0.556. The Hall–Kier alpha value is -0.500. The van der Waals surface area contributed by atoms with Crippen molar-refractivity contribution in [2.75, 3.05) is 0 Å². The van der Waals surface area contributed by atoms with E-state index in [1.807, 2.05) is 0 Å². The van der Waals surface area contributed by atoms with Gasteiger partial charge in [-0.25, -0.2) is 4.39 Å². The van der Waals surface area contributed by atoms with Crippen molar-refractivity contribution in [3.63, 3.8) is 0 Å². The summed E-state index contributed by atoms with van der Waals surface area (Å²) in [6.45, 7) is 0. The van der Waals surface area contributed by atoms with Crippen molar-refractivity contribution in [1.82, 2.24) is 0 Å². The molecule has 0 aromatic heterocycles. The Balaban J connectivity index is 2.67. The molecule has 0 amide bonds. The van der Waals surface area contributed by atoms with Gasteiger partial charge in [0.25, 0.3) is 12.6 Å². The molecule has 1 saturated heterocycles. The molecular weight excluding hydrogens is 194 g/mol. The summed E-state index contributed by atoms with van der Waals surface area (Å²) in [5, 5.41) is 0. The molecule has 1 aliphatic heterocycles. The van der Waals surface area contributed by atoms with Crippen LogP contribution >= 0.6 is 0 Å². The lowest BCUT2D eigenvalue weighted by Crippen LogP contribution is -2.31. The zero-order chi connectivity index (χ0) is 9.57. The van der Waals surface area contributed by atoms with Gasteiger partial charge < -0.3 is 4.74 Å². The standard InChI is InChI=1S/C4H2F6O2/c5-1-4(9,10)12-2(11-1)3(6,7)8/h1-2H. The molecule has 1 fully saturated rings. The first-order valence-corrected chi connectivity index (χ1v) is 2.65. The fourth-order valence-corrected chi connectivity index (χ4v) is 0.556. The lowest BCUT2D eigenvalue weighted by molar-refractivity contribution is -0.315. The molecule has 0 N–H and O–H groups in total. The minimum Gasteiger partial charge on any atom is -0.302 e. The highest BCUT2D eigenvalue weighted by Crippen LogP contribution is 2.39. The Bertz CT molecular complexity index is 177. The molecule has 1 heterocycles. The van der Waals surface area contributed by atoms with Gasteiger partial charge in [0.1, 0.15) is 0 Å². The third-order valence-electron chi connectivity index (χ3n) is 1.04. The predicted molar refractivity (Wildman–Crippen MR) is 21.9 cm³/mol. The fraction of sp³-hybridized carbons (Fsp3) is 1.00. The maximum Gasteiger partial charge on any atom is 0.440 e. The summed E-state index contributed by atoms with van der Waals surface area (Å²) in [6, 6.07) is 0. The van der Waals surface area contributed by atoms with E-state index in [2.05, 4.69) is 9.47 Å². The maximum atomic E-state index is 11.9. The highest BCUT2D eigenvalue weighted by atomic mass is 19.4. The normalized spacial score (nSPS) is 35.5. The molecule has 1 rings (SSSR count). The van der Waals surface area contributed by atoms with Crippen LogP contribution < -0.4 is 0 Å². The summed E-state index contributed by atoms with van der Waals surface area (Å²) in [5.74, 6) is 0. The van der Waals surface area contributed by atoms with Crippen molar-refractivity contribution in [3.05, 3.63) is 0 Å². The van der Waals surface area contributed by atoms with Crippen molar-refractivity contribution >= 4 is 0 Å². The Labute approximate surface area is 62.0 Å². The van der Waals surface area contributed by atoms with Gasteiger partial charge in [0, 0.05) is 0 Å². The Morgan fingerprint density at radius 2 is 1.67 bits per heavy atom. The summed E-state index contributed by atoms with van der Waals surface area (Å²) in [6.07, 6.45) is -16.2. The quantitative estimate of drug-likeness (QED) is 0.550. The SMILES string of the molecule is FC1OC(C(F)(F)F)OC1(F)F. The van der Waals surface area contributed by atoms with Crippen LogP contribution in [-0.2, 0) is 9.47 Å². The van der Waals surface area contributed by atoms with Gasteiger partial charge in [-0.05, 0) is 0 Å². The largest absolute Gasteiger partial charge is 0.440 e. The summed E-state index contributed by atoms with van der Waals surface area (Å²) in [4.78, 5) is 0. The number of rotatable bonds is 0. The smallest absolute Gasteiger partial charge is 0.302 e. The lowest BCUT2D eigenvalue weighted by Gasteiger charge is -2.12. The Morgan fingerprint density at radius 1 is 1.17 bits per heavy atom. The Morgan fingerprint density at radius 3 is 1.83 bits per heavy atom. The number of ether oxygens (including phenoxy) is 2. The molecule has 0 bridgehead atoms. The third-order valence-corrected chi connectivity index (χ3v) is 1.04. The molecule has 12 heavy (non-hydrogen) atoms. The van der Waals surface area contributed by atoms with Crippen LogP contribution in [0.25, 0.3) is 0 Å². The van der Waals surface area contributed by atoms with Gasteiger partial charge in [-0.1, -0.05) is 0 Å². The molecule has 2 atom stereocenters. The van der Waals surface area contributed by atoms with Crippen LogP contribution in [0.1, 0.15) is 0 Å².